The third-order valence-electron chi connectivity index (χ3n) is 2.44. The first-order valence-electron chi connectivity index (χ1n) is 5.65. The van der Waals surface area contributed by atoms with Crippen LogP contribution in [-0.4, -0.2) is 63.3 Å². The van der Waals surface area contributed by atoms with E-state index in [-0.39, 0.29) is 0 Å². The summed E-state index contributed by atoms with van der Waals surface area (Å²) in [6, 6.07) is 0.494. The van der Waals surface area contributed by atoms with Crippen LogP contribution in [0, 0.1) is 0 Å². The van der Waals surface area contributed by atoms with Crippen molar-refractivity contribution < 1.29 is 4.74 Å². The molecule has 3 nitrogen and oxygen atoms in total. The number of thioether (sulfide) groups is 1. The molecule has 15 heavy (non-hydrogen) atoms. The molecule has 0 aromatic rings. The Balaban J connectivity index is 3.77. The highest BCUT2D eigenvalue weighted by atomic mass is 32.2. The quantitative estimate of drug-likeness (QED) is 0.576. The van der Waals surface area contributed by atoms with Crippen LogP contribution >= 0.6 is 11.8 Å². The largest absolute Gasteiger partial charge is 0.383 e. The van der Waals surface area contributed by atoms with Gasteiger partial charge in [-0.1, -0.05) is 6.92 Å². The zero-order valence-corrected chi connectivity index (χ0v) is 11.4. The van der Waals surface area contributed by atoms with Crippen molar-refractivity contribution in [3.63, 3.8) is 0 Å². The fourth-order valence-electron chi connectivity index (χ4n) is 1.40. The summed E-state index contributed by atoms with van der Waals surface area (Å²) in [5, 5.41) is 3.45. The number of rotatable bonds is 10. The molecule has 1 unspecified atom stereocenters. The number of likely N-dealkylation sites (N-methyl/N-ethyl adjacent to an activating group) is 1. The highest BCUT2D eigenvalue weighted by Gasteiger charge is 2.13. The van der Waals surface area contributed by atoms with Crippen LogP contribution in [0.5, 0.6) is 0 Å². The fraction of sp³-hybridized carbons (Fsp3) is 1.00. The van der Waals surface area contributed by atoms with Crippen molar-refractivity contribution in [3.8, 4) is 0 Å². The standard InChI is InChI=1S/C11H26N2OS/c1-5-6-12-9-11(10-14-3)13(2)7-8-15-4/h11-12H,5-10H2,1-4H3. The first-order chi connectivity index (χ1) is 7.26. The van der Waals surface area contributed by atoms with E-state index in [2.05, 4.69) is 30.4 Å². The van der Waals surface area contributed by atoms with Crippen LogP contribution in [0.2, 0.25) is 0 Å². The van der Waals surface area contributed by atoms with Gasteiger partial charge in [-0.25, -0.2) is 0 Å². The Morgan fingerprint density at radius 2 is 2.20 bits per heavy atom. The Bertz CT molecular complexity index is 136. The molecule has 0 aromatic heterocycles. The minimum Gasteiger partial charge on any atom is -0.383 e. The second kappa shape index (κ2) is 10.7. The molecule has 0 aromatic carbocycles. The molecule has 4 heteroatoms. The average Bonchev–Trinajstić information content (AvgIpc) is 2.25. The zero-order valence-electron chi connectivity index (χ0n) is 10.6. The third-order valence-corrected chi connectivity index (χ3v) is 3.03. The van der Waals surface area contributed by atoms with E-state index in [1.807, 2.05) is 11.8 Å². The molecule has 0 fully saturated rings. The van der Waals surface area contributed by atoms with Crippen LogP contribution in [-0.2, 0) is 4.74 Å². The number of nitrogens with zero attached hydrogens (tertiary/aromatic N) is 1. The summed E-state index contributed by atoms with van der Waals surface area (Å²) in [7, 11) is 3.95. The SMILES string of the molecule is CCCNCC(COC)N(C)CCSC. The Morgan fingerprint density at radius 1 is 1.47 bits per heavy atom. The topological polar surface area (TPSA) is 24.5 Å². The van der Waals surface area contributed by atoms with E-state index < -0.39 is 0 Å². The summed E-state index contributed by atoms with van der Waals surface area (Å²) in [5.74, 6) is 1.19. The van der Waals surface area contributed by atoms with Crippen molar-refractivity contribution in [2.24, 2.45) is 0 Å². The Hall–Kier alpha value is 0.230. The van der Waals surface area contributed by atoms with E-state index in [4.69, 9.17) is 4.74 Å². The van der Waals surface area contributed by atoms with E-state index >= 15 is 0 Å². The van der Waals surface area contributed by atoms with Gasteiger partial charge in [-0.3, -0.25) is 4.90 Å². The number of nitrogens with one attached hydrogen (secondary N) is 1. The van der Waals surface area contributed by atoms with Crippen LogP contribution in [0.15, 0.2) is 0 Å². The maximum atomic E-state index is 5.25. The van der Waals surface area contributed by atoms with Crippen molar-refractivity contribution in [2.45, 2.75) is 19.4 Å². The lowest BCUT2D eigenvalue weighted by atomic mass is 10.2. The number of hydrogen-bond acceptors (Lipinski definition) is 4. The average molecular weight is 234 g/mol. The molecule has 0 rings (SSSR count). The van der Waals surface area contributed by atoms with Gasteiger partial charge < -0.3 is 10.1 Å². The first-order valence-corrected chi connectivity index (χ1v) is 7.04. The van der Waals surface area contributed by atoms with Crippen LogP contribution in [0.3, 0.4) is 0 Å². The minimum atomic E-state index is 0.494. The van der Waals surface area contributed by atoms with E-state index in [9.17, 15) is 0 Å². The lowest BCUT2D eigenvalue weighted by Crippen LogP contribution is -2.44. The molecular formula is C11H26N2OS. The lowest BCUT2D eigenvalue weighted by Gasteiger charge is -2.27. The monoisotopic (exact) mass is 234 g/mol. The molecule has 0 aliphatic carbocycles. The van der Waals surface area contributed by atoms with Crippen molar-refractivity contribution in [1.29, 1.82) is 0 Å². The molecule has 0 aliphatic heterocycles. The number of ether oxygens (including phenoxy) is 1. The second-order valence-corrected chi connectivity index (χ2v) is 4.77. The van der Waals surface area contributed by atoms with E-state index in [0.29, 0.717) is 6.04 Å². The Labute approximate surface area is 98.9 Å². The zero-order chi connectivity index (χ0) is 11.5. The predicted molar refractivity (Wildman–Crippen MR) is 69.8 cm³/mol. The van der Waals surface area contributed by atoms with Crippen molar-refractivity contribution in [2.75, 3.05) is 52.4 Å². The first kappa shape index (κ1) is 15.2. The molecule has 0 aliphatic rings. The van der Waals surface area contributed by atoms with Crippen LogP contribution in [0.4, 0.5) is 0 Å². The Kier molecular flexibility index (Phi) is 10.9. The molecule has 1 N–H and O–H groups in total. The van der Waals surface area contributed by atoms with Gasteiger partial charge in [0, 0.05) is 32.0 Å². The summed E-state index contributed by atoms with van der Waals surface area (Å²) in [6.07, 6.45) is 3.34. The molecule has 0 bridgehead atoms. The van der Waals surface area contributed by atoms with Crippen LogP contribution < -0.4 is 5.32 Å². The molecule has 1 atom stereocenters. The molecule has 0 heterocycles. The maximum Gasteiger partial charge on any atom is 0.0630 e. The highest BCUT2D eigenvalue weighted by Crippen LogP contribution is 1.99. The molecule has 0 saturated carbocycles. The van der Waals surface area contributed by atoms with Crippen molar-refractivity contribution in [3.05, 3.63) is 0 Å². The van der Waals surface area contributed by atoms with Crippen molar-refractivity contribution >= 4 is 11.8 Å². The van der Waals surface area contributed by atoms with Gasteiger partial charge in [0.05, 0.1) is 6.61 Å². The Morgan fingerprint density at radius 3 is 2.73 bits per heavy atom. The van der Waals surface area contributed by atoms with Gasteiger partial charge in [-0.05, 0) is 26.3 Å². The van der Waals surface area contributed by atoms with E-state index in [0.717, 1.165) is 26.2 Å². The molecule has 0 saturated heterocycles. The van der Waals surface area contributed by atoms with Crippen LogP contribution in [0.25, 0.3) is 0 Å². The van der Waals surface area contributed by atoms with Crippen molar-refractivity contribution in [1.82, 2.24) is 10.2 Å². The highest BCUT2D eigenvalue weighted by molar-refractivity contribution is 7.98. The second-order valence-electron chi connectivity index (χ2n) is 3.79. The summed E-state index contributed by atoms with van der Waals surface area (Å²) in [6.45, 7) is 6.24. The number of methoxy groups -OCH3 is 1. The van der Waals surface area contributed by atoms with Gasteiger partial charge in [-0.15, -0.1) is 0 Å². The minimum absolute atomic E-state index is 0.494. The summed E-state index contributed by atoms with van der Waals surface area (Å²) in [5.41, 5.74) is 0. The van der Waals surface area contributed by atoms with Gasteiger partial charge >= 0.3 is 0 Å². The van der Waals surface area contributed by atoms with Gasteiger partial charge in [0.25, 0.3) is 0 Å². The maximum absolute atomic E-state index is 5.25. The van der Waals surface area contributed by atoms with Gasteiger partial charge in [-0.2, -0.15) is 11.8 Å². The molecule has 0 spiro atoms. The smallest absolute Gasteiger partial charge is 0.0630 e. The van der Waals surface area contributed by atoms with Gasteiger partial charge in [0.15, 0.2) is 0 Å². The number of hydrogen-bond donors (Lipinski definition) is 1. The summed E-state index contributed by atoms with van der Waals surface area (Å²) < 4.78 is 5.25. The third kappa shape index (κ3) is 8.08. The molecular weight excluding hydrogens is 208 g/mol. The van der Waals surface area contributed by atoms with E-state index in [1.54, 1.807) is 7.11 Å². The molecule has 92 valence electrons. The normalized spacial score (nSPS) is 13.4. The predicted octanol–water partition coefficient (Wildman–Crippen LogP) is 1.30. The molecule has 0 radical (unpaired) electrons. The fourth-order valence-corrected chi connectivity index (χ4v) is 1.87. The van der Waals surface area contributed by atoms with E-state index in [1.165, 1.54) is 12.2 Å². The lowest BCUT2D eigenvalue weighted by molar-refractivity contribution is 0.109. The van der Waals surface area contributed by atoms with Crippen LogP contribution in [0.1, 0.15) is 13.3 Å². The van der Waals surface area contributed by atoms with Gasteiger partial charge in [0.2, 0.25) is 0 Å². The molecule has 0 amide bonds. The summed E-state index contributed by atoms with van der Waals surface area (Å²) >= 11 is 1.89. The summed E-state index contributed by atoms with van der Waals surface area (Å²) in [4.78, 5) is 2.38. The van der Waals surface area contributed by atoms with Gasteiger partial charge in [0.1, 0.15) is 0 Å².